The third-order valence-corrected chi connectivity index (χ3v) is 3.32. The lowest BCUT2D eigenvalue weighted by Gasteiger charge is -2.13. The molecule has 4 nitrogen and oxygen atoms in total. The molecule has 2 N–H and O–H groups in total. The van der Waals surface area contributed by atoms with E-state index in [-0.39, 0.29) is 0 Å². The van der Waals surface area contributed by atoms with Crippen molar-refractivity contribution in [2.75, 3.05) is 7.11 Å². The van der Waals surface area contributed by atoms with E-state index in [4.69, 9.17) is 0 Å². The summed E-state index contributed by atoms with van der Waals surface area (Å²) in [5.74, 6) is -0.845. The van der Waals surface area contributed by atoms with Crippen molar-refractivity contribution in [1.29, 1.82) is 0 Å². The Balaban J connectivity index is 2.74. The molecule has 2 atom stereocenters. The molecule has 0 radical (unpaired) electrons. The summed E-state index contributed by atoms with van der Waals surface area (Å²) in [6, 6.07) is 3.36. The first-order chi connectivity index (χ1) is 6.56. The maximum absolute atomic E-state index is 10.9. The molecule has 1 rings (SSSR count). The van der Waals surface area contributed by atoms with Gasteiger partial charge < -0.3 is 14.9 Å². The standard InChI is InChI=1S/C8H9BrO4S/c1-13-8(12)7(11)6(10)4-2-3-5(9)14-4/h2-3,6-7,10-11H,1H3. The van der Waals surface area contributed by atoms with Crippen LogP contribution in [0.1, 0.15) is 11.0 Å². The number of halogens is 1. The van der Waals surface area contributed by atoms with Gasteiger partial charge in [-0.1, -0.05) is 0 Å². The monoisotopic (exact) mass is 280 g/mol. The number of aliphatic hydroxyl groups is 2. The molecular formula is C8H9BrO4S. The van der Waals surface area contributed by atoms with Crippen molar-refractivity contribution in [3.05, 3.63) is 20.8 Å². The van der Waals surface area contributed by atoms with Crippen molar-refractivity contribution in [1.82, 2.24) is 0 Å². The molecule has 1 aromatic heterocycles. The number of carbonyl (C=O) groups excluding carboxylic acids is 1. The first-order valence-corrected chi connectivity index (χ1v) is 5.36. The molecule has 0 amide bonds. The number of esters is 1. The average Bonchev–Trinajstić information content (AvgIpc) is 2.61. The van der Waals surface area contributed by atoms with E-state index < -0.39 is 18.2 Å². The largest absolute Gasteiger partial charge is 0.467 e. The minimum absolute atomic E-state index is 0.509. The van der Waals surface area contributed by atoms with Crippen LogP contribution >= 0.6 is 27.3 Å². The smallest absolute Gasteiger partial charge is 0.337 e. The molecule has 14 heavy (non-hydrogen) atoms. The van der Waals surface area contributed by atoms with Gasteiger partial charge in [0.2, 0.25) is 0 Å². The number of aliphatic hydroxyl groups excluding tert-OH is 2. The van der Waals surface area contributed by atoms with E-state index in [9.17, 15) is 15.0 Å². The molecule has 1 heterocycles. The van der Waals surface area contributed by atoms with E-state index >= 15 is 0 Å². The highest BCUT2D eigenvalue weighted by Gasteiger charge is 2.27. The summed E-state index contributed by atoms with van der Waals surface area (Å²) in [6.45, 7) is 0. The van der Waals surface area contributed by atoms with Crippen molar-refractivity contribution in [3.63, 3.8) is 0 Å². The van der Waals surface area contributed by atoms with Gasteiger partial charge in [-0.05, 0) is 28.1 Å². The van der Waals surface area contributed by atoms with Crippen LogP contribution in [0.2, 0.25) is 0 Å². The number of ether oxygens (including phenoxy) is 1. The predicted octanol–water partition coefficient (Wildman–Crippen LogP) is 1.08. The van der Waals surface area contributed by atoms with Gasteiger partial charge in [0.1, 0.15) is 6.10 Å². The quantitative estimate of drug-likeness (QED) is 0.814. The highest BCUT2D eigenvalue weighted by molar-refractivity contribution is 9.11. The first kappa shape index (κ1) is 11.6. The fourth-order valence-electron chi connectivity index (χ4n) is 0.892. The Labute approximate surface area is 93.3 Å². The molecule has 0 bridgehead atoms. The molecule has 0 spiro atoms. The first-order valence-electron chi connectivity index (χ1n) is 3.75. The van der Waals surface area contributed by atoms with Gasteiger partial charge in [0.15, 0.2) is 6.10 Å². The number of rotatable bonds is 3. The van der Waals surface area contributed by atoms with E-state index in [0.717, 1.165) is 10.9 Å². The highest BCUT2D eigenvalue weighted by Crippen LogP contribution is 2.29. The van der Waals surface area contributed by atoms with Gasteiger partial charge in [0.25, 0.3) is 0 Å². The highest BCUT2D eigenvalue weighted by atomic mass is 79.9. The average molecular weight is 281 g/mol. The van der Waals surface area contributed by atoms with Crippen LogP contribution < -0.4 is 0 Å². The second-order valence-electron chi connectivity index (χ2n) is 2.55. The fourth-order valence-corrected chi connectivity index (χ4v) is 2.33. The lowest BCUT2D eigenvalue weighted by molar-refractivity contribution is -0.156. The number of methoxy groups -OCH3 is 1. The summed E-state index contributed by atoms with van der Waals surface area (Å²) in [5.41, 5.74) is 0. The molecule has 0 fully saturated rings. The minimum Gasteiger partial charge on any atom is -0.467 e. The van der Waals surface area contributed by atoms with Crippen molar-refractivity contribution >= 4 is 33.2 Å². The van der Waals surface area contributed by atoms with Crippen LogP contribution in [0, 0.1) is 0 Å². The lowest BCUT2D eigenvalue weighted by Crippen LogP contribution is -2.28. The predicted molar refractivity (Wildman–Crippen MR) is 55.0 cm³/mol. The zero-order valence-corrected chi connectivity index (χ0v) is 9.71. The Hall–Kier alpha value is -0.430. The van der Waals surface area contributed by atoms with Gasteiger partial charge in [-0.2, -0.15) is 0 Å². The minimum atomic E-state index is -1.54. The number of carbonyl (C=O) groups is 1. The second-order valence-corrected chi connectivity index (χ2v) is 5.05. The summed E-state index contributed by atoms with van der Waals surface area (Å²) >= 11 is 4.46. The molecule has 0 aliphatic rings. The number of thiophene rings is 1. The van der Waals surface area contributed by atoms with E-state index in [2.05, 4.69) is 20.7 Å². The van der Waals surface area contributed by atoms with Gasteiger partial charge in [0.05, 0.1) is 10.9 Å². The topological polar surface area (TPSA) is 66.8 Å². The van der Waals surface area contributed by atoms with Crippen molar-refractivity contribution in [3.8, 4) is 0 Å². The van der Waals surface area contributed by atoms with Crippen molar-refractivity contribution < 1.29 is 19.7 Å². The molecule has 0 saturated heterocycles. The Morgan fingerprint density at radius 3 is 2.64 bits per heavy atom. The molecule has 0 aliphatic heterocycles. The van der Waals surface area contributed by atoms with Crippen LogP contribution in [0.3, 0.4) is 0 Å². The third-order valence-electron chi connectivity index (χ3n) is 1.63. The Morgan fingerprint density at radius 2 is 2.21 bits per heavy atom. The Bertz CT molecular complexity index is 325. The molecule has 0 aromatic carbocycles. The summed E-state index contributed by atoms with van der Waals surface area (Å²) in [5, 5.41) is 18.9. The molecule has 1 aromatic rings. The van der Waals surface area contributed by atoms with Crippen LogP contribution in [0.5, 0.6) is 0 Å². The molecule has 2 unspecified atom stereocenters. The normalized spacial score (nSPS) is 14.9. The summed E-state index contributed by atoms with van der Waals surface area (Å²) in [4.78, 5) is 11.4. The number of hydrogen-bond donors (Lipinski definition) is 2. The SMILES string of the molecule is COC(=O)C(O)C(O)c1ccc(Br)s1. The maximum Gasteiger partial charge on any atom is 0.337 e. The van der Waals surface area contributed by atoms with Gasteiger partial charge in [-0.25, -0.2) is 4.79 Å². The van der Waals surface area contributed by atoms with Gasteiger partial charge in [-0.15, -0.1) is 11.3 Å². The van der Waals surface area contributed by atoms with Crippen molar-refractivity contribution in [2.24, 2.45) is 0 Å². The van der Waals surface area contributed by atoms with Crippen LogP contribution in [-0.4, -0.2) is 29.4 Å². The van der Waals surface area contributed by atoms with E-state index in [0.29, 0.717) is 4.88 Å². The maximum atomic E-state index is 10.9. The zero-order valence-electron chi connectivity index (χ0n) is 7.31. The van der Waals surface area contributed by atoms with Crippen LogP contribution in [0.25, 0.3) is 0 Å². The molecular weight excluding hydrogens is 272 g/mol. The zero-order chi connectivity index (χ0) is 10.7. The van der Waals surface area contributed by atoms with E-state index in [1.165, 1.54) is 11.3 Å². The molecule has 0 saturated carbocycles. The van der Waals surface area contributed by atoms with Gasteiger partial charge in [0, 0.05) is 4.88 Å². The molecule has 6 heteroatoms. The molecule has 0 aliphatic carbocycles. The summed E-state index contributed by atoms with van der Waals surface area (Å²) < 4.78 is 5.13. The van der Waals surface area contributed by atoms with Gasteiger partial charge >= 0.3 is 5.97 Å². The summed E-state index contributed by atoms with van der Waals surface area (Å²) in [6.07, 6.45) is -2.77. The van der Waals surface area contributed by atoms with E-state index in [1.807, 2.05) is 0 Å². The molecule has 78 valence electrons. The summed E-state index contributed by atoms with van der Waals surface area (Å²) in [7, 11) is 1.16. The van der Waals surface area contributed by atoms with Gasteiger partial charge in [-0.3, -0.25) is 0 Å². The van der Waals surface area contributed by atoms with E-state index in [1.54, 1.807) is 12.1 Å². The third kappa shape index (κ3) is 2.54. The van der Waals surface area contributed by atoms with Crippen LogP contribution in [-0.2, 0) is 9.53 Å². The lowest BCUT2D eigenvalue weighted by atomic mass is 10.2. The second kappa shape index (κ2) is 4.88. The Kier molecular flexibility index (Phi) is 4.06. The van der Waals surface area contributed by atoms with Crippen LogP contribution in [0.15, 0.2) is 15.9 Å². The van der Waals surface area contributed by atoms with Crippen LogP contribution in [0.4, 0.5) is 0 Å². The fraction of sp³-hybridized carbons (Fsp3) is 0.375. The van der Waals surface area contributed by atoms with Crippen molar-refractivity contribution in [2.45, 2.75) is 12.2 Å². The Morgan fingerprint density at radius 1 is 1.57 bits per heavy atom. The number of hydrogen-bond acceptors (Lipinski definition) is 5.